The second kappa shape index (κ2) is 5.96. The van der Waals surface area contributed by atoms with E-state index in [1.165, 1.54) is 0 Å². The Morgan fingerprint density at radius 1 is 0.958 bits per heavy atom. The number of aliphatic carboxylic acids is 1. The van der Waals surface area contributed by atoms with Crippen molar-refractivity contribution in [2.24, 2.45) is 0 Å². The van der Waals surface area contributed by atoms with E-state index in [1.54, 1.807) is 23.6 Å². The molecule has 0 spiro atoms. The Morgan fingerprint density at radius 2 is 1.58 bits per heavy atom. The lowest BCUT2D eigenvalue weighted by Gasteiger charge is -2.08. The van der Waals surface area contributed by atoms with Crippen LogP contribution in [0.2, 0.25) is 0 Å². The first-order valence-electron chi connectivity index (χ1n) is 7.82. The first-order valence-corrected chi connectivity index (χ1v) is 7.82. The summed E-state index contributed by atoms with van der Waals surface area (Å²) in [5.41, 5.74) is 4.84. The maximum Gasteiger partial charge on any atom is 0.307 e. The summed E-state index contributed by atoms with van der Waals surface area (Å²) >= 11 is 0. The van der Waals surface area contributed by atoms with Crippen LogP contribution in [-0.4, -0.2) is 21.6 Å². The maximum atomic E-state index is 13.0. The third-order valence-electron chi connectivity index (χ3n) is 4.32. The molecule has 0 aliphatic carbocycles. The maximum absolute atomic E-state index is 13.0. The Labute approximate surface area is 140 Å². The number of aryl methyl sites for hydroxylation is 2. The van der Waals surface area contributed by atoms with Gasteiger partial charge >= 0.3 is 5.97 Å². The summed E-state index contributed by atoms with van der Waals surface area (Å²) in [6.45, 7) is 5.73. The van der Waals surface area contributed by atoms with Crippen molar-refractivity contribution in [2.45, 2.75) is 27.2 Å². The number of aromatic nitrogens is 1. The van der Waals surface area contributed by atoms with E-state index in [-0.39, 0.29) is 12.3 Å². The fraction of sp³-hybridized carbons (Fsp3) is 0.200. The molecule has 24 heavy (non-hydrogen) atoms. The third-order valence-corrected chi connectivity index (χ3v) is 4.32. The van der Waals surface area contributed by atoms with Gasteiger partial charge in [-0.3, -0.25) is 14.2 Å². The summed E-state index contributed by atoms with van der Waals surface area (Å²) in [6, 6.07) is 13.2. The summed E-state index contributed by atoms with van der Waals surface area (Å²) in [4.78, 5) is 24.2. The second-order valence-corrected chi connectivity index (χ2v) is 6.16. The average molecular weight is 321 g/mol. The van der Waals surface area contributed by atoms with Crippen molar-refractivity contribution in [3.05, 3.63) is 70.4 Å². The minimum atomic E-state index is -0.901. The lowest BCUT2D eigenvalue weighted by molar-refractivity contribution is -0.136. The predicted molar refractivity (Wildman–Crippen MR) is 93.7 cm³/mol. The van der Waals surface area contributed by atoms with Crippen LogP contribution in [0.25, 0.3) is 10.9 Å². The van der Waals surface area contributed by atoms with Gasteiger partial charge in [0.25, 0.3) is 5.91 Å². The Kier molecular flexibility index (Phi) is 3.97. The molecule has 0 amide bonds. The second-order valence-electron chi connectivity index (χ2n) is 6.16. The van der Waals surface area contributed by atoms with Gasteiger partial charge in [-0.05, 0) is 50.6 Å². The number of carboxylic acids is 1. The smallest absolute Gasteiger partial charge is 0.307 e. The molecule has 0 fully saturated rings. The van der Waals surface area contributed by atoms with Gasteiger partial charge in [0.05, 0.1) is 11.9 Å². The third kappa shape index (κ3) is 2.71. The van der Waals surface area contributed by atoms with Gasteiger partial charge in [0, 0.05) is 16.6 Å². The molecule has 0 saturated heterocycles. The van der Waals surface area contributed by atoms with Gasteiger partial charge in [0.2, 0.25) is 0 Å². The quantitative estimate of drug-likeness (QED) is 0.796. The van der Waals surface area contributed by atoms with Gasteiger partial charge in [-0.1, -0.05) is 29.3 Å². The average Bonchev–Trinajstić information content (AvgIpc) is 2.79. The highest BCUT2D eigenvalue weighted by Crippen LogP contribution is 2.28. The fourth-order valence-corrected chi connectivity index (χ4v) is 3.06. The zero-order chi connectivity index (χ0) is 17.4. The van der Waals surface area contributed by atoms with Crippen molar-refractivity contribution in [2.75, 3.05) is 0 Å². The monoisotopic (exact) mass is 321 g/mol. The van der Waals surface area contributed by atoms with E-state index >= 15 is 0 Å². The van der Waals surface area contributed by atoms with E-state index in [2.05, 4.69) is 0 Å². The molecule has 122 valence electrons. The number of rotatable bonds is 3. The summed E-state index contributed by atoms with van der Waals surface area (Å²) in [5, 5.41) is 10.1. The van der Waals surface area contributed by atoms with Crippen LogP contribution in [-0.2, 0) is 11.2 Å². The molecule has 0 unspecified atom stereocenters. The Morgan fingerprint density at radius 3 is 2.21 bits per heavy atom. The van der Waals surface area contributed by atoms with E-state index in [0.29, 0.717) is 16.8 Å². The number of fused-ring (bicyclic) bond motifs is 1. The molecule has 4 heteroatoms. The summed E-state index contributed by atoms with van der Waals surface area (Å²) in [6.07, 6.45) is -0.0973. The number of nitrogens with zero attached hydrogens (tertiary/aromatic N) is 1. The van der Waals surface area contributed by atoms with E-state index in [0.717, 1.165) is 22.0 Å². The van der Waals surface area contributed by atoms with Gasteiger partial charge in [-0.15, -0.1) is 0 Å². The van der Waals surface area contributed by atoms with E-state index < -0.39 is 5.97 Å². The summed E-state index contributed by atoms with van der Waals surface area (Å²) in [5.74, 6) is -1.04. The number of carbonyl (C=O) groups excluding carboxylic acids is 1. The van der Waals surface area contributed by atoms with Crippen molar-refractivity contribution in [3.8, 4) is 0 Å². The minimum Gasteiger partial charge on any atom is -0.481 e. The van der Waals surface area contributed by atoms with Crippen LogP contribution in [0.3, 0.4) is 0 Å². The molecule has 1 heterocycles. The Bertz CT molecular complexity index is 949. The molecule has 0 aliphatic heterocycles. The Hall–Kier alpha value is -2.88. The number of hydrogen-bond donors (Lipinski definition) is 1. The molecule has 0 atom stereocenters. The molecule has 1 aromatic heterocycles. The Balaban J connectivity index is 2.24. The van der Waals surface area contributed by atoms with Crippen molar-refractivity contribution in [1.82, 2.24) is 4.57 Å². The van der Waals surface area contributed by atoms with Crippen LogP contribution >= 0.6 is 0 Å². The van der Waals surface area contributed by atoms with Crippen LogP contribution in [0.5, 0.6) is 0 Å². The number of hydrogen-bond acceptors (Lipinski definition) is 2. The number of benzene rings is 2. The van der Waals surface area contributed by atoms with E-state index in [1.807, 2.05) is 44.2 Å². The van der Waals surface area contributed by atoms with E-state index in [9.17, 15) is 14.7 Å². The minimum absolute atomic E-state index is 0.0973. The molecule has 0 aliphatic rings. The normalized spacial score (nSPS) is 11.0. The molecule has 3 rings (SSSR count). The van der Waals surface area contributed by atoms with Crippen LogP contribution < -0.4 is 0 Å². The standard InChI is InChI=1S/C20H19NO3/c1-12-4-7-15(8-5-12)20(24)21-14(3)16(11-19(22)23)17-10-13(2)6-9-18(17)21/h4-10H,11H2,1-3H3,(H,22,23). The zero-order valence-corrected chi connectivity index (χ0v) is 14.0. The first kappa shape index (κ1) is 16.0. The largest absolute Gasteiger partial charge is 0.481 e. The number of carboxylic acid groups (broad SMARTS) is 1. The van der Waals surface area contributed by atoms with Crippen molar-refractivity contribution >= 4 is 22.8 Å². The SMILES string of the molecule is Cc1ccc(C(=O)n2c(C)c(CC(=O)O)c3cc(C)ccc32)cc1. The molecule has 0 bridgehead atoms. The summed E-state index contributed by atoms with van der Waals surface area (Å²) in [7, 11) is 0. The van der Waals surface area contributed by atoms with Gasteiger partial charge in [-0.2, -0.15) is 0 Å². The number of carbonyl (C=O) groups is 2. The topological polar surface area (TPSA) is 59.3 Å². The van der Waals surface area contributed by atoms with Gasteiger partial charge in [0.1, 0.15) is 0 Å². The molecule has 0 radical (unpaired) electrons. The highest BCUT2D eigenvalue weighted by molar-refractivity contribution is 6.04. The van der Waals surface area contributed by atoms with Crippen molar-refractivity contribution in [1.29, 1.82) is 0 Å². The van der Waals surface area contributed by atoms with Crippen LogP contribution in [0.4, 0.5) is 0 Å². The lowest BCUT2D eigenvalue weighted by Crippen LogP contribution is -2.14. The van der Waals surface area contributed by atoms with Crippen molar-refractivity contribution in [3.63, 3.8) is 0 Å². The van der Waals surface area contributed by atoms with E-state index in [4.69, 9.17) is 0 Å². The highest BCUT2D eigenvalue weighted by atomic mass is 16.4. The molecule has 0 saturated carbocycles. The predicted octanol–water partition coefficient (Wildman–Crippen LogP) is 3.88. The first-order chi connectivity index (χ1) is 11.4. The van der Waals surface area contributed by atoms with Crippen LogP contribution in [0, 0.1) is 20.8 Å². The molecule has 3 aromatic rings. The summed E-state index contributed by atoms with van der Waals surface area (Å²) < 4.78 is 1.62. The molecular formula is C20H19NO3. The molecule has 2 aromatic carbocycles. The molecular weight excluding hydrogens is 302 g/mol. The highest BCUT2D eigenvalue weighted by Gasteiger charge is 2.21. The van der Waals surface area contributed by atoms with Gasteiger partial charge < -0.3 is 5.11 Å². The molecule has 4 nitrogen and oxygen atoms in total. The zero-order valence-electron chi connectivity index (χ0n) is 14.0. The lowest BCUT2D eigenvalue weighted by atomic mass is 10.1. The van der Waals surface area contributed by atoms with Crippen molar-refractivity contribution < 1.29 is 14.7 Å². The van der Waals surface area contributed by atoms with Gasteiger partial charge in [-0.25, -0.2) is 0 Å². The van der Waals surface area contributed by atoms with Gasteiger partial charge in [0.15, 0.2) is 0 Å². The fourth-order valence-electron chi connectivity index (χ4n) is 3.06. The van der Waals surface area contributed by atoms with Crippen LogP contribution in [0.15, 0.2) is 42.5 Å². The van der Waals surface area contributed by atoms with Crippen LogP contribution in [0.1, 0.15) is 32.7 Å². The molecule has 1 N–H and O–H groups in total.